The van der Waals surface area contributed by atoms with Gasteiger partial charge in [-0.15, -0.1) is 0 Å². The van der Waals surface area contributed by atoms with Gasteiger partial charge in [-0.3, -0.25) is 4.90 Å². The van der Waals surface area contributed by atoms with Gasteiger partial charge in [0, 0.05) is 31.1 Å². The van der Waals surface area contributed by atoms with Crippen LogP contribution in [0.4, 0.5) is 0 Å². The lowest BCUT2D eigenvalue weighted by Gasteiger charge is -2.26. The summed E-state index contributed by atoms with van der Waals surface area (Å²) in [6.45, 7) is 5.26. The van der Waals surface area contributed by atoms with Crippen LogP contribution in [0.2, 0.25) is 0 Å². The number of rotatable bonds is 5. The number of thioether (sulfide) groups is 1. The average molecular weight is 207 g/mol. The Kier molecular flexibility index (Phi) is 6.30. The van der Waals surface area contributed by atoms with Gasteiger partial charge in [-0.05, 0) is 5.75 Å². The maximum atomic E-state index is 5.27. The van der Waals surface area contributed by atoms with Crippen LogP contribution >= 0.6 is 24.4 Å². The normalized spacial score (nSPS) is 19.8. The predicted octanol–water partition coefficient (Wildman–Crippen LogP) is 0.982. The molecule has 0 spiro atoms. The first-order valence-corrected chi connectivity index (χ1v) is 6.21. The molecule has 0 saturated carbocycles. The molecule has 0 amide bonds. The predicted molar refractivity (Wildman–Crippen MR) is 58.4 cm³/mol. The summed E-state index contributed by atoms with van der Waals surface area (Å²) in [6.07, 6.45) is 0. The zero-order chi connectivity index (χ0) is 8.65. The standard InChI is InChI=1S/C8H17NOS2/c11-6-8-12-7-3-9-1-4-10-5-2-9/h11H,1-8H2. The maximum Gasteiger partial charge on any atom is 0.0594 e. The van der Waals surface area contributed by atoms with E-state index in [0.29, 0.717) is 0 Å². The third kappa shape index (κ3) is 4.60. The quantitative estimate of drug-likeness (QED) is 0.533. The highest BCUT2D eigenvalue weighted by Crippen LogP contribution is 2.03. The van der Waals surface area contributed by atoms with E-state index in [1.165, 1.54) is 18.1 Å². The van der Waals surface area contributed by atoms with E-state index in [1.54, 1.807) is 0 Å². The van der Waals surface area contributed by atoms with Gasteiger partial charge in [0.25, 0.3) is 0 Å². The fourth-order valence-corrected chi connectivity index (χ4v) is 2.29. The Morgan fingerprint density at radius 2 is 2.00 bits per heavy atom. The van der Waals surface area contributed by atoms with Crippen molar-refractivity contribution in [3.05, 3.63) is 0 Å². The largest absolute Gasteiger partial charge is 0.379 e. The van der Waals surface area contributed by atoms with Gasteiger partial charge >= 0.3 is 0 Å². The van der Waals surface area contributed by atoms with E-state index in [2.05, 4.69) is 17.5 Å². The van der Waals surface area contributed by atoms with Crippen LogP contribution in [-0.4, -0.2) is 55.0 Å². The molecule has 72 valence electrons. The van der Waals surface area contributed by atoms with Crippen molar-refractivity contribution in [2.24, 2.45) is 0 Å². The minimum Gasteiger partial charge on any atom is -0.379 e. The van der Waals surface area contributed by atoms with E-state index in [0.717, 1.165) is 32.1 Å². The Labute approximate surface area is 84.4 Å². The molecule has 0 N–H and O–H groups in total. The van der Waals surface area contributed by atoms with Crippen LogP contribution in [0.5, 0.6) is 0 Å². The lowest BCUT2D eigenvalue weighted by molar-refractivity contribution is 0.0410. The highest BCUT2D eigenvalue weighted by molar-refractivity contribution is 8.00. The Morgan fingerprint density at radius 3 is 2.67 bits per heavy atom. The second-order valence-electron chi connectivity index (χ2n) is 2.79. The zero-order valence-electron chi connectivity index (χ0n) is 7.37. The Bertz CT molecular complexity index is 107. The molecule has 12 heavy (non-hydrogen) atoms. The molecule has 0 atom stereocenters. The van der Waals surface area contributed by atoms with E-state index in [4.69, 9.17) is 4.74 Å². The van der Waals surface area contributed by atoms with Crippen molar-refractivity contribution in [3.8, 4) is 0 Å². The molecular weight excluding hydrogens is 190 g/mol. The molecular formula is C8H17NOS2. The molecule has 1 saturated heterocycles. The van der Waals surface area contributed by atoms with Gasteiger partial charge in [-0.1, -0.05) is 0 Å². The second-order valence-corrected chi connectivity index (χ2v) is 4.46. The lowest BCUT2D eigenvalue weighted by Crippen LogP contribution is -2.37. The number of nitrogens with zero attached hydrogens (tertiary/aromatic N) is 1. The molecule has 0 aromatic heterocycles. The summed E-state index contributed by atoms with van der Waals surface area (Å²) in [5, 5.41) is 0. The number of hydrogen-bond donors (Lipinski definition) is 1. The molecule has 1 aliphatic rings. The summed E-state index contributed by atoms with van der Waals surface area (Å²) in [5.74, 6) is 3.40. The van der Waals surface area contributed by atoms with Crippen LogP contribution in [0.1, 0.15) is 0 Å². The van der Waals surface area contributed by atoms with Gasteiger partial charge < -0.3 is 4.74 Å². The molecule has 0 aromatic carbocycles. The molecule has 0 aliphatic carbocycles. The highest BCUT2D eigenvalue weighted by Gasteiger charge is 2.08. The van der Waals surface area contributed by atoms with Crippen molar-refractivity contribution < 1.29 is 4.74 Å². The zero-order valence-corrected chi connectivity index (χ0v) is 9.08. The summed E-state index contributed by atoms with van der Waals surface area (Å²) in [6, 6.07) is 0. The summed E-state index contributed by atoms with van der Waals surface area (Å²) in [5.41, 5.74) is 0. The van der Waals surface area contributed by atoms with Crippen LogP contribution in [0.3, 0.4) is 0 Å². The maximum absolute atomic E-state index is 5.27. The lowest BCUT2D eigenvalue weighted by atomic mass is 10.4. The smallest absolute Gasteiger partial charge is 0.0594 e. The van der Waals surface area contributed by atoms with E-state index >= 15 is 0 Å². The van der Waals surface area contributed by atoms with Crippen molar-refractivity contribution in [2.75, 3.05) is 50.1 Å². The van der Waals surface area contributed by atoms with Crippen molar-refractivity contribution >= 4 is 24.4 Å². The topological polar surface area (TPSA) is 12.5 Å². The van der Waals surface area contributed by atoms with Crippen LogP contribution in [0, 0.1) is 0 Å². The first-order valence-electron chi connectivity index (χ1n) is 4.42. The monoisotopic (exact) mass is 207 g/mol. The molecule has 0 radical (unpaired) electrons. The molecule has 1 rings (SSSR count). The fraction of sp³-hybridized carbons (Fsp3) is 1.00. The first-order chi connectivity index (χ1) is 5.93. The molecule has 1 aliphatic heterocycles. The summed E-state index contributed by atoms with van der Waals surface area (Å²) in [4.78, 5) is 2.47. The van der Waals surface area contributed by atoms with Gasteiger partial charge in [0.15, 0.2) is 0 Å². The minimum atomic E-state index is 0.914. The minimum absolute atomic E-state index is 0.914. The SMILES string of the molecule is SCCSCCN1CCOCC1. The van der Waals surface area contributed by atoms with Gasteiger partial charge in [-0.2, -0.15) is 24.4 Å². The first kappa shape index (κ1) is 10.7. The highest BCUT2D eigenvalue weighted by atomic mass is 32.2. The summed E-state index contributed by atoms with van der Waals surface area (Å²) < 4.78 is 5.27. The van der Waals surface area contributed by atoms with E-state index in [9.17, 15) is 0 Å². The van der Waals surface area contributed by atoms with E-state index in [-0.39, 0.29) is 0 Å². The number of ether oxygens (including phenoxy) is 1. The molecule has 0 bridgehead atoms. The van der Waals surface area contributed by atoms with Crippen LogP contribution in [0.25, 0.3) is 0 Å². The Hall–Kier alpha value is 0.620. The van der Waals surface area contributed by atoms with Crippen LogP contribution < -0.4 is 0 Å². The van der Waals surface area contributed by atoms with Gasteiger partial charge in [0.05, 0.1) is 13.2 Å². The van der Waals surface area contributed by atoms with Gasteiger partial charge in [-0.25, -0.2) is 0 Å². The Morgan fingerprint density at radius 1 is 1.25 bits per heavy atom. The molecule has 0 aromatic rings. The van der Waals surface area contributed by atoms with E-state index < -0.39 is 0 Å². The van der Waals surface area contributed by atoms with Crippen molar-refractivity contribution in [2.45, 2.75) is 0 Å². The average Bonchev–Trinajstić information content (AvgIpc) is 2.14. The van der Waals surface area contributed by atoms with Crippen LogP contribution in [-0.2, 0) is 4.74 Å². The third-order valence-corrected chi connectivity index (χ3v) is 3.38. The number of morpholine rings is 1. The molecule has 2 nitrogen and oxygen atoms in total. The number of thiol groups is 1. The molecule has 0 unspecified atom stereocenters. The second kappa shape index (κ2) is 7.06. The summed E-state index contributed by atoms with van der Waals surface area (Å²) >= 11 is 6.15. The molecule has 4 heteroatoms. The van der Waals surface area contributed by atoms with Crippen LogP contribution in [0.15, 0.2) is 0 Å². The van der Waals surface area contributed by atoms with Crippen molar-refractivity contribution in [1.29, 1.82) is 0 Å². The van der Waals surface area contributed by atoms with Gasteiger partial charge in [0.2, 0.25) is 0 Å². The number of hydrogen-bond acceptors (Lipinski definition) is 4. The fourth-order valence-electron chi connectivity index (χ4n) is 1.19. The third-order valence-electron chi connectivity index (χ3n) is 1.89. The van der Waals surface area contributed by atoms with E-state index in [1.807, 2.05) is 11.8 Å². The van der Waals surface area contributed by atoms with Crippen molar-refractivity contribution in [1.82, 2.24) is 4.90 Å². The Balaban J connectivity index is 1.91. The summed E-state index contributed by atoms with van der Waals surface area (Å²) in [7, 11) is 0. The molecule has 1 heterocycles. The van der Waals surface area contributed by atoms with Crippen molar-refractivity contribution in [3.63, 3.8) is 0 Å². The molecule has 1 fully saturated rings. The van der Waals surface area contributed by atoms with Gasteiger partial charge in [0.1, 0.15) is 0 Å².